The lowest BCUT2D eigenvalue weighted by atomic mass is 10.2. The van der Waals surface area contributed by atoms with E-state index in [0.717, 1.165) is 5.56 Å². The first kappa shape index (κ1) is 14.3. The molecular formula is C13H20N2O3S. The number of nitrogens with two attached hydrogens (primary N) is 1. The van der Waals surface area contributed by atoms with Crippen LogP contribution in [-0.2, 0) is 14.8 Å². The quantitative estimate of drug-likeness (QED) is 0.833. The third-order valence-electron chi connectivity index (χ3n) is 3.23. The van der Waals surface area contributed by atoms with Crippen LogP contribution in [0.5, 0.6) is 0 Å². The molecule has 1 saturated heterocycles. The lowest BCUT2D eigenvalue weighted by molar-refractivity contribution is -0.0170. The molecule has 6 heteroatoms. The molecule has 1 aliphatic rings. The summed E-state index contributed by atoms with van der Waals surface area (Å²) in [5, 5.41) is 0. The molecule has 1 aromatic rings. The van der Waals surface area contributed by atoms with Crippen LogP contribution in [0.3, 0.4) is 0 Å². The second-order valence-corrected chi connectivity index (χ2v) is 7.04. The number of anilines is 1. The lowest BCUT2D eigenvalue weighted by Gasteiger charge is -2.35. The van der Waals surface area contributed by atoms with Crippen LogP contribution in [0, 0.1) is 6.92 Å². The normalized spacial score (nSPS) is 25.4. The van der Waals surface area contributed by atoms with Crippen molar-refractivity contribution in [2.75, 3.05) is 18.9 Å². The highest BCUT2D eigenvalue weighted by Crippen LogP contribution is 2.24. The molecule has 2 rings (SSSR count). The number of hydrogen-bond acceptors (Lipinski definition) is 4. The van der Waals surface area contributed by atoms with E-state index < -0.39 is 10.0 Å². The Labute approximate surface area is 114 Å². The van der Waals surface area contributed by atoms with Crippen molar-refractivity contribution in [1.29, 1.82) is 0 Å². The number of benzene rings is 1. The van der Waals surface area contributed by atoms with Gasteiger partial charge in [0.15, 0.2) is 0 Å². The number of nitrogens with zero attached hydrogens (tertiary/aromatic N) is 1. The molecule has 2 atom stereocenters. The van der Waals surface area contributed by atoms with Crippen LogP contribution in [0.1, 0.15) is 19.4 Å². The Morgan fingerprint density at radius 2 is 2.00 bits per heavy atom. The highest BCUT2D eigenvalue weighted by atomic mass is 32.2. The van der Waals surface area contributed by atoms with Crippen molar-refractivity contribution in [3.8, 4) is 0 Å². The van der Waals surface area contributed by atoms with Gasteiger partial charge in [0.05, 0.1) is 17.6 Å². The monoisotopic (exact) mass is 284 g/mol. The minimum absolute atomic E-state index is 0.0897. The van der Waals surface area contributed by atoms with E-state index in [4.69, 9.17) is 10.5 Å². The topological polar surface area (TPSA) is 72.6 Å². The minimum Gasteiger partial charge on any atom is -0.399 e. The zero-order valence-electron chi connectivity index (χ0n) is 11.5. The van der Waals surface area contributed by atoms with E-state index in [9.17, 15) is 8.42 Å². The number of aryl methyl sites for hydroxylation is 1. The van der Waals surface area contributed by atoms with Crippen LogP contribution in [0.15, 0.2) is 23.1 Å². The van der Waals surface area contributed by atoms with Crippen molar-refractivity contribution in [2.45, 2.75) is 37.8 Å². The third kappa shape index (κ3) is 2.91. The van der Waals surface area contributed by atoms with Crippen molar-refractivity contribution in [2.24, 2.45) is 0 Å². The molecule has 0 bridgehead atoms. The fourth-order valence-electron chi connectivity index (χ4n) is 2.27. The highest BCUT2D eigenvalue weighted by Gasteiger charge is 2.34. The zero-order chi connectivity index (χ0) is 14.2. The molecule has 1 aromatic carbocycles. The van der Waals surface area contributed by atoms with Crippen molar-refractivity contribution < 1.29 is 13.2 Å². The summed E-state index contributed by atoms with van der Waals surface area (Å²) < 4.78 is 32.3. The number of morpholine rings is 1. The van der Waals surface area contributed by atoms with Gasteiger partial charge in [0, 0.05) is 18.3 Å². The maximum Gasteiger partial charge on any atom is 0.243 e. The van der Waals surface area contributed by atoms with Gasteiger partial charge in [-0.2, -0.15) is 4.31 Å². The minimum atomic E-state index is -3.52. The van der Waals surface area contributed by atoms with E-state index in [1.165, 1.54) is 10.4 Å². The van der Waals surface area contributed by atoms with Gasteiger partial charge in [-0.05, 0) is 44.5 Å². The van der Waals surface area contributed by atoms with Crippen LogP contribution in [0.2, 0.25) is 0 Å². The average molecular weight is 284 g/mol. The molecular weight excluding hydrogens is 264 g/mol. The van der Waals surface area contributed by atoms with Crippen LogP contribution in [0.4, 0.5) is 5.69 Å². The largest absolute Gasteiger partial charge is 0.399 e. The van der Waals surface area contributed by atoms with Gasteiger partial charge < -0.3 is 10.5 Å². The summed E-state index contributed by atoms with van der Waals surface area (Å²) in [7, 11) is -3.52. The Bertz CT molecular complexity index is 551. The van der Waals surface area contributed by atoms with Gasteiger partial charge in [-0.15, -0.1) is 0 Å². The van der Waals surface area contributed by atoms with E-state index in [0.29, 0.717) is 18.8 Å². The predicted octanol–water partition coefficient (Wildman–Crippen LogP) is 1.38. The Balaban J connectivity index is 2.40. The fourth-order valence-corrected chi connectivity index (χ4v) is 4.10. The van der Waals surface area contributed by atoms with Crippen molar-refractivity contribution in [3.05, 3.63) is 23.8 Å². The second kappa shape index (κ2) is 5.11. The molecule has 5 nitrogen and oxygen atoms in total. The van der Waals surface area contributed by atoms with Crippen molar-refractivity contribution in [1.82, 2.24) is 4.31 Å². The van der Waals surface area contributed by atoms with E-state index in [1.54, 1.807) is 12.1 Å². The standard InChI is InChI=1S/C13H20N2O3S/c1-9-4-12(14)6-13(5-9)19(16,17)15-7-11(3)18-8-10(15)2/h4-6,10-11H,7-8,14H2,1-3H3. The van der Waals surface area contributed by atoms with Gasteiger partial charge in [0.25, 0.3) is 0 Å². The zero-order valence-corrected chi connectivity index (χ0v) is 12.3. The molecule has 19 heavy (non-hydrogen) atoms. The first-order valence-electron chi connectivity index (χ1n) is 6.31. The first-order chi connectivity index (χ1) is 8.80. The van der Waals surface area contributed by atoms with Crippen molar-refractivity contribution in [3.63, 3.8) is 0 Å². The van der Waals surface area contributed by atoms with Gasteiger partial charge in [-0.25, -0.2) is 8.42 Å². The van der Waals surface area contributed by atoms with Gasteiger partial charge in [0.1, 0.15) is 0 Å². The van der Waals surface area contributed by atoms with Crippen LogP contribution in [-0.4, -0.2) is 38.0 Å². The summed E-state index contributed by atoms with van der Waals surface area (Å²) in [4.78, 5) is 0.256. The van der Waals surface area contributed by atoms with E-state index in [1.807, 2.05) is 20.8 Å². The van der Waals surface area contributed by atoms with Gasteiger partial charge in [-0.3, -0.25) is 0 Å². The van der Waals surface area contributed by atoms with E-state index in [-0.39, 0.29) is 17.0 Å². The molecule has 106 valence electrons. The third-order valence-corrected chi connectivity index (χ3v) is 5.19. The number of ether oxygens (including phenoxy) is 1. The van der Waals surface area contributed by atoms with E-state index in [2.05, 4.69) is 0 Å². The molecule has 0 aromatic heterocycles. The Hall–Kier alpha value is -1.11. The molecule has 0 aliphatic carbocycles. The summed E-state index contributed by atoms with van der Waals surface area (Å²) in [6, 6.07) is 4.75. The molecule has 1 fully saturated rings. The van der Waals surface area contributed by atoms with Gasteiger partial charge in [-0.1, -0.05) is 0 Å². The summed E-state index contributed by atoms with van der Waals surface area (Å²) in [5.74, 6) is 0. The smallest absolute Gasteiger partial charge is 0.243 e. The summed E-state index contributed by atoms with van der Waals surface area (Å²) in [6.45, 7) is 6.35. The Morgan fingerprint density at radius 1 is 1.32 bits per heavy atom. The molecule has 2 unspecified atom stereocenters. The SMILES string of the molecule is Cc1cc(N)cc(S(=O)(=O)N2CC(C)OCC2C)c1. The highest BCUT2D eigenvalue weighted by molar-refractivity contribution is 7.89. The van der Waals surface area contributed by atoms with Gasteiger partial charge in [0.2, 0.25) is 10.0 Å². The lowest BCUT2D eigenvalue weighted by Crippen LogP contribution is -2.50. The predicted molar refractivity (Wildman–Crippen MR) is 74.4 cm³/mol. The number of hydrogen-bond donors (Lipinski definition) is 1. The van der Waals surface area contributed by atoms with Crippen LogP contribution < -0.4 is 5.73 Å². The molecule has 0 saturated carbocycles. The molecule has 2 N–H and O–H groups in total. The summed E-state index contributed by atoms with van der Waals surface area (Å²) in [5.41, 5.74) is 7.05. The number of rotatable bonds is 2. The molecule has 1 heterocycles. The molecule has 0 spiro atoms. The summed E-state index contributed by atoms with van der Waals surface area (Å²) in [6.07, 6.45) is -0.0897. The first-order valence-corrected chi connectivity index (χ1v) is 7.75. The van der Waals surface area contributed by atoms with E-state index >= 15 is 0 Å². The van der Waals surface area contributed by atoms with Crippen LogP contribution in [0.25, 0.3) is 0 Å². The van der Waals surface area contributed by atoms with Gasteiger partial charge >= 0.3 is 0 Å². The van der Waals surface area contributed by atoms with Crippen molar-refractivity contribution >= 4 is 15.7 Å². The van der Waals surface area contributed by atoms with Crippen LogP contribution >= 0.6 is 0 Å². The molecule has 0 radical (unpaired) electrons. The second-order valence-electron chi connectivity index (χ2n) is 5.15. The average Bonchev–Trinajstić information content (AvgIpc) is 2.31. The summed E-state index contributed by atoms with van der Waals surface area (Å²) >= 11 is 0. The Kier molecular flexibility index (Phi) is 3.85. The molecule has 0 amide bonds. The molecule has 1 aliphatic heterocycles. The number of nitrogen functional groups attached to an aromatic ring is 1. The fraction of sp³-hybridized carbons (Fsp3) is 0.538. The Morgan fingerprint density at radius 3 is 2.63 bits per heavy atom. The number of sulfonamides is 1. The maximum absolute atomic E-state index is 12.7. The maximum atomic E-state index is 12.7.